The molecule has 1 spiro atoms. The number of amides is 1. The number of aryl methyl sites for hydroxylation is 2. The van der Waals surface area contributed by atoms with Crippen LogP contribution in [0.1, 0.15) is 54.2 Å². The molecule has 8 nitrogen and oxygen atoms in total. The van der Waals surface area contributed by atoms with E-state index >= 15 is 0 Å². The van der Waals surface area contributed by atoms with Gasteiger partial charge in [-0.05, 0) is 69.2 Å². The number of aromatic nitrogens is 2. The van der Waals surface area contributed by atoms with Gasteiger partial charge >= 0.3 is 0 Å². The first-order valence-electron chi connectivity index (χ1n) is 13.2. The highest BCUT2D eigenvalue weighted by molar-refractivity contribution is 6.31. The van der Waals surface area contributed by atoms with Crippen molar-refractivity contribution in [2.24, 2.45) is 0 Å². The quantitative estimate of drug-likeness (QED) is 0.265. The summed E-state index contributed by atoms with van der Waals surface area (Å²) in [5.41, 5.74) is 3.80. The summed E-state index contributed by atoms with van der Waals surface area (Å²) in [4.78, 5) is 21.2. The average Bonchev–Trinajstić information content (AvgIpc) is 3.54. The number of nitrogens with zero attached hydrogens (tertiary/aromatic N) is 3. The number of carbonyl (C=O) groups is 1. The van der Waals surface area contributed by atoms with E-state index in [1.165, 1.54) is 0 Å². The number of imidazole rings is 1. The molecule has 2 aliphatic heterocycles. The molecular formula is C31H30Cl2N4O4. The summed E-state index contributed by atoms with van der Waals surface area (Å²) < 4.78 is 13.3. The number of ether oxygens (including phenoxy) is 2. The Kier molecular flexibility index (Phi) is 6.48. The van der Waals surface area contributed by atoms with Gasteiger partial charge in [-0.2, -0.15) is 0 Å². The normalized spacial score (nSPS) is 19.1. The molecule has 6 rings (SSSR count). The molecule has 0 bridgehead atoms. The van der Waals surface area contributed by atoms with Gasteiger partial charge in [0.15, 0.2) is 11.8 Å². The van der Waals surface area contributed by atoms with E-state index in [9.17, 15) is 9.90 Å². The van der Waals surface area contributed by atoms with Crippen LogP contribution in [0.2, 0.25) is 10.0 Å². The molecule has 0 saturated carbocycles. The minimum absolute atomic E-state index is 0.151. The molecule has 1 aromatic heterocycles. The number of anilines is 2. The fourth-order valence-corrected chi connectivity index (χ4v) is 6.57. The lowest BCUT2D eigenvalue weighted by atomic mass is 9.86. The van der Waals surface area contributed by atoms with E-state index < -0.39 is 11.8 Å². The van der Waals surface area contributed by atoms with Crippen molar-refractivity contribution in [3.63, 3.8) is 0 Å². The molecule has 3 aromatic carbocycles. The predicted molar refractivity (Wildman–Crippen MR) is 160 cm³/mol. The zero-order valence-electron chi connectivity index (χ0n) is 23.5. The molecule has 3 heterocycles. The highest BCUT2D eigenvalue weighted by atomic mass is 35.5. The predicted octanol–water partition coefficient (Wildman–Crippen LogP) is 6.78. The summed E-state index contributed by atoms with van der Waals surface area (Å²) in [6.07, 6.45) is -1.27. The molecular weight excluding hydrogens is 563 g/mol. The molecule has 41 heavy (non-hydrogen) atoms. The number of aliphatic hydroxyl groups excluding tert-OH is 1. The topological polar surface area (TPSA) is 88.8 Å². The highest BCUT2D eigenvalue weighted by Gasteiger charge is 2.64. The Hall–Kier alpha value is -3.72. The summed E-state index contributed by atoms with van der Waals surface area (Å²) >= 11 is 12.8. The van der Waals surface area contributed by atoms with Gasteiger partial charge in [-0.15, -0.1) is 0 Å². The molecule has 0 radical (unpaired) electrons. The maximum Gasteiger partial charge on any atom is 0.261 e. The van der Waals surface area contributed by atoms with Gasteiger partial charge in [0.1, 0.15) is 23.0 Å². The van der Waals surface area contributed by atoms with Gasteiger partial charge in [0.25, 0.3) is 5.91 Å². The first-order valence-corrected chi connectivity index (χ1v) is 14.0. The lowest BCUT2D eigenvalue weighted by Gasteiger charge is -2.39. The minimum atomic E-state index is -1.46. The van der Waals surface area contributed by atoms with Crippen LogP contribution in [-0.2, 0) is 10.3 Å². The Morgan fingerprint density at radius 2 is 1.66 bits per heavy atom. The van der Waals surface area contributed by atoms with Crippen molar-refractivity contribution in [3.8, 4) is 22.9 Å². The number of hydrogen-bond acceptors (Lipinski definition) is 6. The molecule has 10 heteroatoms. The van der Waals surface area contributed by atoms with Crippen LogP contribution in [0.25, 0.3) is 11.4 Å². The van der Waals surface area contributed by atoms with Crippen molar-refractivity contribution in [1.82, 2.24) is 9.55 Å². The summed E-state index contributed by atoms with van der Waals surface area (Å²) in [5, 5.41) is 16.1. The maximum absolute atomic E-state index is 14.4. The lowest BCUT2D eigenvalue weighted by Crippen LogP contribution is -2.50. The van der Waals surface area contributed by atoms with Crippen molar-refractivity contribution in [2.45, 2.75) is 45.5 Å². The van der Waals surface area contributed by atoms with Crippen LogP contribution in [0.5, 0.6) is 11.5 Å². The fraction of sp³-hybridized carbons (Fsp3) is 0.290. The monoisotopic (exact) mass is 592 g/mol. The zero-order valence-corrected chi connectivity index (χ0v) is 25.1. The number of benzene rings is 3. The van der Waals surface area contributed by atoms with Crippen molar-refractivity contribution in [2.75, 3.05) is 24.4 Å². The number of rotatable bonds is 5. The van der Waals surface area contributed by atoms with Gasteiger partial charge in [0.05, 0.1) is 25.5 Å². The van der Waals surface area contributed by atoms with Crippen molar-refractivity contribution >= 4 is 40.5 Å². The SMILES string of the molecule is COc1cc(OC)c(-c2nc3c(n2C(C)C)C2(C(=O)Nc4cc(Cl)ccc42)N(c2cc(Cl)ccc2C)C3O)cc1C. The molecule has 0 saturated heterocycles. The third-order valence-corrected chi connectivity index (χ3v) is 8.45. The summed E-state index contributed by atoms with van der Waals surface area (Å²) in [6, 6.07) is 14.4. The Morgan fingerprint density at radius 3 is 2.34 bits per heavy atom. The second-order valence-corrected chi connectivity index (χ2v) is 11.6. The molecule has 2 aliphatic rings. The van der Waals surface area contributed by atoms with Gasteiger partial charge in [-0.25, -0.2) is 4.98 Å². The van der Waals surface area contributed by atoms with Crippen molar-refractivity contribution < 1.29 is 19.4 Å². The Balaban J connectivity index is 1.73. The zero-order chi connectivity index (χ0) is 29.4. The standard InChI is InChI=1S/C31H30Cl2N4O4/c1-15(2)36-27-26(35-28(36)20-11-17(4)24(40-5)14-25(20)41-6)29(38)37(23-13-19(33)8-7-16(23)3)31(27)21-10-9-18(32)12-22(21)34-30(31)39/h7-15,29,38H,1-6H3,(H,34,39). The summed E-state index contributed by atoms with van der Waals surface area (Å²) in [6.45, 7) is 7.92. The van der Waals surface area contributed by atoms with Crippen molar-refractivity contribution in [3.05, 3.63) is 86.7 Å². The number of nitrogens with one attached hydrogen (secondary N) is 1. The van der Waals surface area contributed by atoms with Gasteiger partial charge in [0.2, 0.25) is 0 Å². The van der Waals surface area contributed by atoms with Crippen LogP contribution >= 0.6 is 23.2 Å². The van der Waals surface area contributed by atoms with Gasteiger partial charge in [-0.1, -0.05) is 35.3 Å². The minimum Gasteiger partial charge on any atom is -0.496 e. The highest BCUT2D eigenvalue weighted by Crippen LogP contribution is 2.58. The molecule has 2 atom stereocenters. The Labute approximate surface area is 248 Å². The number of carbonyl (C=O) groups excluding carboxylic acids is 1. The van der Waals surface area contributed by atoms with E-state index in [2.05, 4.69) is 5.32 Å². The fourth-order valence-electron chi connectivity index (χ4n) is 6.23. The molecule has 0 aliphatic carbocycles. The third-order valence-electron chi connectivity index (χ3n) is 7.98. The molecule has 2 unspecified atom stereocenters. The Bertz CT molecular complexity index is 1730. The van der Waals surface area contributed by atoms with Gasteiger partial charge < -0.3 is 29.4 Å². The largest absolute Gasteiger partial charge is 0.496 e. The van der Waals surface area contributed by atoms with Crippen LogP contribution in [0.4, 0.5) is 11.4 Å². The Morgan fingerprint density at radius 1 is 0.976 bits per heavy atom. The number of methoxy groups -OCH3 is 2. The first kappa shape index (κ1) is 27.4. The number of hydrogen-bond donors (Lipinski definition) is 2. The molecule has 1 amide bonds. The van der Waals surface area contributed by atoms with E-state index in [-0.39, 0.29) is 11.9 Å². The van der Waals surface area contributed by atoms with Crippen LogP contribution < -0.4 is 19.7 Å². The third kappa shape index (κ3) is 3.77. The van der Waals surface area contributed by atoms with Gasteiger partial charge in [-0.3, -0.25) is 4.79 Å². The lowest BCUT2D eigenvalue weighted by molar-refractivity contribution is -0.120. The van der Waals surface area contributed by atoms with E-state index in [1.807, 2.05) is 56.5 Å². The van der Waals surface area contributed by atoms with Crippen molar-refractivity contribution in [1.29, 1.82) is 0 Å². The van der Waals surface area contributed by atoms with E-state index in [1.54, 1.807) is 43.4 Å². The second-order valence-electron chi connectivity index (χ2n) is 10.7. The van der Waals surface area contributed by atoms with E-state index in [4.69, 9.17) is 37.7 Å². The van der Waals surface area contributed by atoms with Crippen LogP contribution in [0, 0.1) is 13.8 Å². The van der Waals surface area contributed by atoms with E-state index in [0.29, 0.717) is 55.7 Å². The summed E-state index contributed by atoms with van der Waals surface area (Å²) in [7, 11) is 3.20. The molecule has 4 aromatic rings. The number of fused-ring (bicyclic) bond motifs is 4. The van der Waals surface area contributed by atoms with E-state index in [0.717, 1.165) is 16.7 Å². The van der Waals surface area contributed by atoms with Crippen LogP contribution in [0.15, 0.2) is 48.5 Å². The first-order chi connectivity index (χ1) is 19.5. The van der Waals surface area contributed by atoms with Crippen LogP contribution in [0.3, 0.4) is 0 Å². The smallest absolute Gasteiger partial charge is 0.261 e. The number of aliphatic hydroxyl groups is 1. The molecule has 0 fully saturated rings. The second kappa shape index (κ2) is 9.69. The maximum atomic E-state index is 14.4. The van der Waals surface area contributed by atoms with Crippen LogP contribution in [-0.4, -0.2) is 34.8 Å². The summed E-state index contributed by atoms with van der Waals surface area (Å²) in [5.74, 6) is 1.50. The van der Waals surface area contributed by atoms with Gasteiger partial charge in [0, 0.05) is 39.1 Å². The molecule has 212 valence electrons. The number of halogens is 2. The molecule has 2 N–H and O–H groups in total. The average molecular weight is 594 g/mol.